The number of sulfonamides is 1. The van der Waals surface area contributed by atoms with Crippen molar-refractivity contribution in [1.29, 1.82) is 0 Å². The third-order valence-corrected chi connectivity index (χ3v) is 5.54. The summed E-state index contributed by atoms with van der Waals surface area (Å²) in [6, 6.07) is 16.2. The Kier molecular flexibility index (Phi) is 7.74. The molecule has 0 spiro atoms. The summed E-state index contributed by atoms with van der Waals surface area (Å²) >= 11 is 0. The molecular weight excluding hydrogens is 374 g/mol. The van der Waals surface area contributed by atoms with Gasteiger partial charge in [0.2, 0.25) is 15.9 Å². The maximum atomic E-state index is 12.4. The summed E-state index contributed by atoms with van der Waals surface area (Å²) < 4.78 is 22.5. The third-order valence-electron chi connectivity index (χ3n) is 4.61. The molecule has 0 aliphatic rings. The molecule has 2 aromatic carbocycles. The summed E-state index contributed by atoms with van der Waals surface area (Å²) in [4.78, 5) is 12.5. The Morgan fingerprint density at radius 2 is 1.61 bits per heavy atom. The van der Waals surface area contributed by atoms with Crippen molar-refractivity contribution in [3.05, 3.63) is 65.7 Å². The number of amides is 1. The van der Waals surface area contributed by atoms with Gasteiger partial charge in [0.1, 0.15) is 0 Å². The summed E-state index contributed by atoms with van der Waals surface area (Å²) in [7, 11) is -3.68. The number of primary sulfonamides is 1. The first kappa shape index (κ1) is 22.1. The van der Waals surface area contributed by atoms with E-state index in [-0.39, 0.29) is 22.9 Å². The fraction of sp³-hybridized carbons (Fsp3) is 0.381. The third kappa shape index (κ3) is 6.44. The van der Waals surface area contributed by atoms with E-state index in [1.54, 1.807) is 12.1 Å². The number of benzene rings is 2. The first-order valence-electron chi connectivity index (χ1n) is 9.39. The second kappa shape index (κ2) is 9.82. The predicted octanol–water partition coefficient (Wildman–Crippen LogP) is 2.37. The van der Waals surface area contributed by atoms with Crippen molar-refractivity contribution < 1.29 is 13.2 Å². The Balaban J connectivity index is 1.86. The van der Waals surface area contributed by atoms with Gasteiger partial charge in [0.25, 0.3) is 0 Å². The summed E-state index contributed by atoms with van der Waals surface area (Å²) in [5, 5.41) is 11.4. The van der Waals surface area contributed by atoms with Crippen LogP contribution in [0.1, 0.15) is 37.9 Å². The van der Waals surface area contributed by atoms with Crippen molar-refractivity contribution in [2.75, 3.05) is 6.54 Å². The topological polar surface area (TPSA) is 101 Å². The molecule has 0 aromatic heterocycles. The van der Waals surface area contributed by atoms with Crippen molar-refractivity contribution in [2.24, 2.45) is 11.1 Å². The second-order valence-electron chi connectivity index (χ2n) is 7.25. The van der Waals surface area contributed by atoms with Crippen LogP contribution in [0.2, 0.25) is 0 Å². The van der Waals surface area contributed by atoms with Crippen molar-refractivity contribution in [3.63, 3.8) is 0 Å². The van der Waals surface area contributed by atoms with Gasteiger partial charge in [0, 0.05) is 12.6 Å². The first-order chi connectivity index (χ1) is 13.2. The van der Waals surface area contributed by atoms with E-state index in [1.165, 1.54) is 12.1 Å². The Hall–Kier alpha value is -2.22. The molecule has 7 heteroatoms. The smallest absolute Gasteiger partial charge is 0.238 e. The van der Waals surface area contributed by atoms with Crippen molar-refractivity contribution in [1.82, 2.24) is 10.6 Å². The van der Waals surface area contributed by atoms with Gasteiger partial charge in [-0.25, -0.2) is 13.6 Å². The number of hydrogen-bond acceptors (Lipinski definition) is 4. The number of carbonyl (C=O) groups is 1. The van der Waals surface area contributed by atoms with Crippen LogP contribution in [0.4, 0.5) is 0 Å². The minimum Gasteiger partial charge on any atom is -0.354 e. The summed E-state index contributed by atoms with van der Waals surface area (Å²) in [6.45, 7) is 6.58. The highest BCUT2D eigenvalue weighted by atomic mass is 32.2. The largest absolute Gasteiger partial charge is 0.354 e. The SMILES string of the molecule is CC(C)[C@H](N[C@@H](C)C(=O)NCCc1ccc(S(N)(=O)=O)cc1)c1ccccc1. The Bertz CT molecular complexity index is 866. The quantitative estimate of drug-likeness (QED) is 0.598. The van der Waals surface area contributed by atoms with Crippen LogP contribution >= 0.6 is 0 Å². The average molecular weight is 404 g/mol. The fourth-order valence-electron chi connectivity index (χ4n) is 3.01. The Labute approximate surface area is 167 Å². The van der Waals surface area contributed by atoms with Crippen LogP contribution < -0.4 is 15.8 Å². The normalized spacial score (nSPS) is 13.9. The molecule has 1 amide bonds. The lowest BCUT2D eigenvalue weighted by Gasteiger charge is -2.26. The van der Waals surface area contributed by atoms with Crippen LogP contribution in [0.5, 0.6) is 0 Å². The van der Waals surface area contributed by atoms with Gasteiger partial charge in [-0.15, -0.1) is 0 Å². The van der Waals surface area contributed by atoms with Crippen LogP contribution in [0.15, 0.2) is 59.5 Å². The molecule has 0 aliphatic heterocycles. The highest BCUT2D eigenvalue weighted by molar-refractivity contribution is 7.89. The summed E-state index contributed by atoms with van der Waals surface area (Å²) in [6.07, 6.45) is 0.607. The molecule has 2 rings (SSSR count). The van der Waals surface area contributed by atoms with Gasteiger partial charge in [0.15, 0.2) is 0 Å². The van der Waals surface area contributed by atoms with E-state index < -0.39 is 10.0 Å². The fourth-order valence-corrected chi connectivity index (χ4v) is 3.52. The van der Waals surface area contributed by atoms with E-state index in [9.17, 15) is 13.2 Å². The number of nitrogens with one attached hydrogen (secondary N) is 2. The lowest BCUT2D eigenvalue weighted by molar-refractivity contribution is -0.123. The molecule has 0 aliphatic carbocycles. The highest BCUT2D eigenvalue weighted by Gasteiger charge is 2.21. The van der Waals surface area contributed by atoms with Crippen molar-refractivity contribution >= 4 is 15.9 Å². The van der Waals surface area contributed by atoms with E-state index in [4.69, 9.17) is 5.14 Å². The lowest BCUT2D eigenvalue weighted by atomic mass is 9.95. The lowest BCUT2D eigenvalue weighted by Crippen LogP contribution is -2.45. The predicted molar refractivity (Wildman–Crippen MR) is 111 cm³/mol. The van der Waals surface area contributed by atoms with E-state index in [0.717, 1.165) is 11.1 Å². The zero-order chi connectivity index (χ0) is 20.7. The average Bonchev–Trinajstić information content (AvgIpc) is 2.66. The molecule has 28 heavy (non-hydrogen) atoms. The van der Waals surface area contributed by atoms with E-state index in [2.05, 4.69) is 36.6 Å². The van der Waals surface area contributed by atoms with Crippen LogP contribution in [0.3, 0.4) is 0 Å². The molecule has 0 heterocycles. The van der Waals surface area contributed by atoms with Gasteiger partial charge in [-0.3, -0.25) is 10.1 Å². The second-order valence-corrected chi connectivity index (χ2v) is 8.81. The van der Waals surface area contributed by atoms with Crippen molar-refractivity contribution in [3.8, 4) is 0 Å². The highest BCUT2D eigenvalue weighted by Crippen LogP contribution is 2.21. The minimum atomic E-state index is -3.68. The monoisotopic (exact) mass is 403 g/mol. The molecule has 4 N–H and O–H groups in total. The minimum absolute atomic E-state index is 0.0669. The first-order valence-corrected chi connectivity index (χ1v) is 10.9. The van der Waals surface area contributed by atoms with Gasteiger partial charge in [-0.05, 0) is 42.5 Å². The molecule has 152 valence electrons. The maximum Gasteiger partial charge on any atom is 0.238 e. The molecule has 6 nitrogen and oxygen atoms in total. The Morgan fingerprint density at radius 1 is 1.00 bits per heavy atom. The summed E-state index contributed by atoms with van der Waals surface area (Å²) in [5.41, 5.74) is 2.09. The van der Waals surface area contributed by atoms with Gasteiger partial charge in [0.05, 0.1) is 10.9 Å². The van der Waals surface area contributed by atoms with Crippen molar-refractivity contribution in [2.45, 2.75) is 44.2 Å². The molecule has 2 atom stereocenters. The zero-order valence-electron chi connectivity index (χ0n) is 16.6. The standard InChI is InChI=1S/C21H29N3O3S/c1-15(2)20(18-7-5-4-6-8-18)24-16(3)21(25)23-14-13-17-9-11-19(12-10-17)28(22,26)27/h4-12,15-16,20,24H,13-14H2,1-3H3,(H,23,25)(H2,22,26,27)/t16-,20-/m0/s1. The molecule has 0 saturated heterocycles. The molecule has 0 unspecified atom stereocenters. The van der Waals surface area contributed by atoms with E-state index >= 15 is 0 Å². The van der Waals surface area contributed by atoms with Gasteiger partial charge < -0.3 is 5.32 Å². The number of hydrogen-bond donors (Lipinski definition) is 3. The number of carbonyl (C=O) groups excluding carboxylic acids is 1. The number of nitrogens with two attached hydrogens (primary N) is 1. The molecular formula is C21H29N3O3S. The number of rotatable bonds is 9. The summed E-state index contributed by atoms with van der Waals surface area (Å²) in [5.74, 6) is 0.276. The molecule has 0 bridgehead atoms. The van der Waals surface area contributed by atoms with Gasteiger partial charge in [-0.2, -0.15) is 0 Å². The molecule has 0 fully saturated rings. The van der Waals surface area contributed by atoms with Crippen LogP contribution in [0, 0.1) is 5.92 Å². The zero-order valence-corrected chi connectivity index (χ0v) is 17.4. The van der Waals surface area contributed by atoms with Crippen LogP contribution in [-0.2, 0) is 21.2 Å². The molecule has 0 radical (unpaired) electrons. The maximum absolute atomic E-state index is 12.4. The van der Waals surface area contributed by atoms with Crippen LogP contribution in [-0.4, -0.2) is 26.9 Å². The van der Waals surface area contributed by atoms with Gasteiger partial charge in [-0.1, -0.05) is 56.3 Å². The van der Waals surface area contributed by atoms with E-state index in [0.29, 0.717) is 18.9 Å². The van der Waals surface area contributed by atoms with E-state index in [1.807, 2.05) is 25.1 Å². The molecule has 0 saturated carbocycles. The van der Waals surface area contributed by atoms with Gasteiger partial charge >= 0.3 is 0 Å². The molecule has 2 aromatic rings. The van der Waals surface area contributed by atoms with Crippen LogP contribution in [0.25, 0.3) is 0 Å². The Morgan fingerprint density at radius 3 is 2.14 bits per heavy atom.